The van der Waals surface area contributed by atoms with Crippen LogP contribution >= 0.6 is 0 Å². The molecular weight excluding hydrogens is 313 g/mol. The first-order valence-corrected chi connectivity index (χ1v) is 7.26. The molecule has 0 aliphatic rings. The Morgan fingerprint density at radius 1 is 1.17 bits per heavy atom. The third-order valence-corrected chi connectivity index (χ3v) is 3.04. The highest BCUT2D eigenvalue weighted by molar-refractivity contribution is 5.94. The number of hydrogen-bond acceptors (Lipinski definition) is 6. The van der Waals surface area contributed by atoms with E-state index in [0.29, 0.717) is 23.2 Å². The molecule has 0 atom stereocenters. The van der Waals surface area contributed by atoms with Gasteiger partial charge in [-0.05, 0) is 24.3 Å². The van der Waals surface area contributed by atoms with Crippen molar-refractivity contribution in [1.29, 1.82) is 0 Å². The van der Waals surface area contributed by atoms with Crippen molar-refractivity contribution in [3.63, 3.8) is 0 Å². The SMILES string of the molecule is CN(C)c1ncc(NC(=O)COc2ccc(F)cc2)c(N(C)C)n1. The largest absolute Gasteiger partial charge is 0.484 e. The molecule has 0 unspecified atom stereocenters. The first kappa shape index (κ1) is 17.5. The fraction of sp³-hybridized carbons (Fsp3) is 0.312. The third-order valence-electron chi connectivity index (χ3n) is 3.04. The van der Waals surface area contributed by atoms with Crippen molar-refractivity contribution in [2.45, 2.75) is 0 Å². The van der Waals surface area contributed by atoms with E-state index in [9.17, 15) is 9.18 Å². The number of rotatable bonds is 6. The van der Waals surface area contributed by atoms with E-state index < -0.39 is 0 Å². The highest BCUT2D eigenvalue weighted by Crippen LogP contribution is 2.23. The van der Waals surface area contributed by atoms with Crippen LogP contribution in [-0.2, 0) is 4.79 Å². The van der Waals surface area contributed by atoms with E-state index in [1.165, 1.54) is 24.3 Å². The number of anilines is 3. The van der Waals surface area contributed by atoms with Gasteiger partial charge in [0.05, 0.1) is 6.20 Å². The fourth-order valence-electron chi connectivity index (χ4n) is 1.87. The molecule has 1 aromatic heterocycles. The van der Waals surface area contributed by atoms with Gasteiger partial charge in [-0.3, -0.25) is 4.79 Å². The highest BCUT2D eigenvalue weighted by Gasteiger charge is 2.13. The van der Waals surface area contributed by atoms with E-state index in [0.717, 1.165) is 0 Å². The topological polar surface area (TPSA) is 70.6 Å². The molecule has 0 aliphatic carbocycles. The van der Waals surface area contributed by atoms with E-state index in [1.807, 2.05) is 28.2 Å². The maximum atomic E-state index is 12.8. The van der Waals surface area contributed by atoms with Gasteiger partial charge in [-0.15, -0.1) is 0 Å². The quantitative estimate of drug-likeness (QED) is 0.869. The zero-order valence-electron chi connectivity index (χ0n) is 14.1. The van der Waals surface area contributed by atoms with Crippen molar-refractivity contribution in [3.05, 3.63) is 36.3 Å². The maximum Gasteiger partial charge on any atom is 0.262 e. The second kappa shape index (κ2) is 7.58. The fourth-order valence-corrected chi connectivity index (χ4v) is 1.87. The number of halogens is 1. The number of nitrogens with one attached hydrogen (secondary N) is 1. The molecule has 24 heavy (non-hydrogen) atoms. The summed E-state index contributed by atoms with van der Waals surface area (Å²) >= 11 is 0. The summed E-state index contributed by atoms with van der Waals surface area (Å²) in [6, 6.07) is 5.46. The zero-order valence-corrected chi connectivity index (χ0v) is 14.1. The van der Waals surface area contributed by atoms with Gasteiger partial charge in [-0.25, -0.2) is 9.37 Å². The summed E-state index contributed by atoms with van der Waals surface area (Å²) in [5.74, 6) is 0.825. The lowest BCUT2D eigenvalue weighted by molar-refractivity contribution is -0.118. The molecule has 0 bridgehead atoms. The minimum absolute atomic E-state index is 0.200. The Labute approximate surface area is 140 Å². The van der Waals surface area contributed by atoms with Crippen molar-refractivity contribution >= 4 is 23.4 Å². The Morgan fingerprint density at radius 2 is 1.83 bits per heavy atom. The lowest BCUT2D eigenvalue weighted by Gasteiger charge is -2.19. The molecule has 1 heterocycles. The van der Waals surface area contributed by atoms with Gasteiger partial charge in [0.2, 0.25) is 5.95 Å². The van der Waals surface area contributed by atoms with E-state index in [2.05, 4.69) is 15.3 Å². The molecule has 0 saturated carbocycles. The van der Waals surface area contributed by atoms with Crippen molar-refractivity contribution < 1.29 is 13.9 Å². The molecular formula is C16H20FN5O2. The van der Waals surface area contributed by atoms with Gasteiger partial charge in [0.25, 0.3) is 5.91 Å². The number of hydrogen-bond donors (Lipinski definition) is 1. The minimum atomic E-state index is -0.361. The van der Waals surface area contributed by atoms with E-state index >= 15 is 0 Å². The van der Waals surface area contributed by atoms with E-state index in [1.54, 1.807) is 16.0 Å². The molecule has 0 aliphatic heterocycles. The van der Waals surface area contributed by atoms with Crippen LogP contribution < -0.4 is 19.9 Å². The number of carbonyl (C=O) groups is 1. The average Bonchev–Trinajstić information content (AvgIpc) is 2.54. The van der Waals surface area contributed by atoms with Gasteiger partial charge in [0, 0.05) is 28.2 Å². The van der Waals surface area contributed by atoms with Crippen LogP contribution in [0.15, 0.2) is 30.5 Å². The molecule has 1 N–H and O–H groups in total. The molecule has 128 valence electrons. The lowest BCUT2D eigenvalue weighted by atomic mass is 10.3. The Morgan fingerprint density at radius 3 is 2.42 bits per heavy atom. The first-order valence-electron chi connectivity index (χ1n) is 7.26. The first-order chi connectivity index (χ1) is 11.4. The summed E-state index contributed by atoms with van der Waals surface area (Å²) in [5.41, 5.74) is 0.485. The second-order valence-electron chi connectivity index (χ2n) is 5.49. The summed E-state index contributed by atoms with van der Waals surface area (Å²) in [6.07, 6.45) is 1.55. The Bertz CT molecular complexity index is 704. The van der Waals surface area contributed by atoms with Crippen LogP contribution in [0.3, 0.4) is 0 Å². The molecule has 2 aromatic rings. The Kier molecular flexibility index (Phi) is 5.51. The van der Waals surface area contributed by atoms with Crippen molar-refractivity contribution in [1.82, 2.24) is 9.97 Å². The molecule has 1 amide bonds. The number of ether oxygens (including phenoxy) is 1. The third kappa shape index (κ3) is 4.55. The summed E-state index contributed by atoms with van der Waals surface area (Å²) in [6.45, 7) is -0.200. The number of carbonyl (C=O) groups excluding carboxylic acids is 1. The molecule has 1 aromatic carbocycles. The van der Waals surface area contributed by atoms with Crippen LogP contribution in [0.4, 0.5) is 21.8 Å². The average molecular weight is 333 g/mol. The van der Waals surface area contributed by atoms with Crippen LogP contribution in [0, 0.1) is 5.82 Å². The van der Waals surface area contributed by atoms with Gasteiger partial charge >= 0.3 is 0 Å². The molecule has 7 nitrogen and oxygen atoms in total. The predicted octanol–water partition coefficient (Wildman–Crippen LogP) is 1.77. The molecule has 0 spiro atoms. The number of benzene rings is 1. The van der Waals surface area contributed by atoms with Gasteiger partial charge in [-0.2, -0.15) is 4.98 Å². The van der Waals surface area contributed by atoms with Crippen LogP contribution in [0.2, 0.25) is 0 Å². The van der Waals surface area contributed by atoms with Gasteiger partial charge in [0.15, 0.2) is 12.4 Å². The lowest BCUT2D eigenvalue weighted by Crippen LogP contribution is -2.24. The van der Waals surface area contributed by atoms with Crippen molar-refractivity contribution in [2.75, 3.05) is 49.9 Å². The van der Waals surface area contributed by atoms with Crippen LogP contribution in [0.1, 0.15) is 0 Å². The van der Waals surface area contributed by atoms with Crippen molar-refractivity contribution in [3.8, 4) is 5.75 Å². The predicted molar refractivity (Wildman–Crippen MR) is 91.2 cm³/mol. The smallest absolute Gasteiger partial charge is 0.262 e. The molecule has 8 heteroatoms. The number of nitrogens with zero attached hydrogens (tertiary/aromatic N) is 4. The minimum Gasteiger partial charge on any atom is -0.484 e. The van der Waals surface area contributed by atoms with Crippen LogP contribution in [0.5, 0.6) is 5.75 Å². The van der Waals surface area contributed by atoms with Crippen molar-refractivity contribution in [2.24, 2.45) is 0 Å². The second-order valence-corrected chi connectivity index (χ2v) is 5.49. The zero-order chi connectivity index (χ0) is 17.7. The maximum absolute atomic E-state index is 12.8. The Balaban J connectivity index is 2.03. The summed E-state index contributed by atoms with van der Waals surface area (Å²) < 4.78 is 18.1. The summed E-state index contributed by atoms with van der Waals surface area (Å²) in [5, 5.41) is 2.72. The number of aromatic nitrogens is 2. The molecule has 2 rings (SSSR count). The summed E-state index contributed by atoms with van der Waals surface area (Å²) in [4.78, 5) is 24.2. The molecule has 0 fully saturated rings. The van der Waals surface area contributed by atoms with Gasteiger partial charge < -0.3 is 19.9 Å². The van der Waals surface area contributed by atoms with Gasteiger partial charge in [-0.1, -0.05) is 0 Å². The molecule has 0 radical (unpaired) electrons. The van der Waals surface area contributed by atoms with E-state index in [4.69, 9.17) is 4.74 Å². The standard InChI is InChI=1S/C16H20FN5O2/c1-21(2)15-13(9-18-16(20-15)22(3)4)19-14(23)10-24-12-7-5-11(17)6-8-12/h5-9H,10H2,1-4H3,(H,19,23). The Hall–Kier alpha value is -2.90. The number of amides is 1. The monoisotopic (exact) mass is 333 g/mol. The molecule has 0 saturated heterocycles. The van der Waals surface area contributed by atoms with Gasteiger partial charge in [0.1, 0.15) is 17.3 Å². The van der Waals surface area contributed by atoms with Crippen LogP contribution in [-0.4, -0.2) is 50.7 Å². The van der Waals surface area contributed by atoms with E-state index in [-0.39, 0.29) is 18.3 Å². The highest BCUT2D eigenvalue weighted by atomic mass is 19.1. The summed E-state index contributed by atoms with van der Waals surface area (Å²) in [7, 11) is 7.33. The normalized spacial score (nSPS) is 10.2. The van der Waals surface area contributed by atoms with Crippen LogP contribution in [0.25, 0.3) is 0 Å².